The normalized spacial score (nSPS) is 17.3. The molecule has 0 bridgehead atoms. The summed E-state index contributed by atoms with van der Waals surface area (Å²) in [5.74, 6) is 1.11. The first-order valence-electron chi connectivity index (χ1n) is 3.31. The van der Waals surface area contributed by atoms with Crippen LogP contribution >= 0.6 is 28.7 Å². The third-order valence-electron chi connectivity index (χ3n) is 1.38. The Kier molecular flexibility index (Phi) is 5.17. The molecule has 1 aliphatic rings. The molecule has 0 aliphatic carbocycles. The van der Waals surface area contributed by atoms with E-state index in [0.717, 1.165) is 30.4 Å². The van der Waals surface area contributed by atoms with E-state index in [1.54, 1.807) is 11.8 Å². The molecule has 0 spiro atoms. The summed E-state index contributed by atoms with van der Waals surface area (Å²) in [6.45, 7) is 4.29. The minimum absolute atomic E-state index is 0. The van der Waals surface area contributed by atoms with Crippen LogP contribution in [0.5, 0.6) is 0 Å². The van der Waals surface area contributed by atoms with E-state index >= 15 is 0 Å². The van der Waals surface area contributed by atoms with Crippen molar-refractivity contribution < 1.29 is 0 Å². The smallest absolute Gasteiger partial charge is 0.156 e. The Bertz CT molecular complexity index is 118. The molecule has 10 heavy (non-hydrogen) atoms. The zero-order chi connectivity index (χ0) is 6.69. The van der Waals surface area contributed by atoms with Crippen molar-refractivity contribution >= 4 is 33.9 Å². The summed E-state index contributed by atoms with van der Waals surface area (Å²) < 4.78 is 0. The minimum Gasteiger partial charge on any atom is -0.351 e. The van der Waals surface area contributed by atoms with Gasteiger partial charge in [0.05, 0.1) is 0 Å². The van der Waals surface area contributed by atoms with Gasteiger partial charge in [-0.3, -0.25) is 5.41 Å². The number of hydrogen-bond acceptors (Lipinski definition) is 2. The van der Waals surface area contributed by atoms with Crippen molar-refractivity contribution in [2.24, 2.45) is 0 Å². The maximum absolute atomic E-state index is 7.40. The SMILES string of the molecule is Br.CCCN1CCSC1=N. The van der Waals surface area contributed by atoms with Gasteiger partial charge in [0, 0.05) is 18.8 Å². The van der Waals surface area contributed by atoms with Crippen molar-refractivity contribution in [3.8, 4) is 0 Å². The Labute approximate surface area is 76.6 Å². The molecule has 0 saturated carbocycles. The van der Waals surface area contributed by atoms with Crippen LogP contribution in [-0.2, 0) is 0 Å². The third-order valence-corrected chi connectivity index (χ3v) is 2.30. The van der Waals surface area contributed by atoms with Crippen LogP contribution in [0.4, 0.5) is 0 Å². The van der Waals surface area contributed by atoms with Crippen LogP contribution < -0.4 is 0 Å². The molecule has 1 fully saturated rings. The summed E-state index contributed by atoms with van der Waals surface area (Å²) in [5, 5.41) is 8.16. The molecule has 1 saturated heterocycles. The predicted octanol–water partition coefficient (Wildman–Crippen LogP) is 1.96. The third kappa shape index (κ3) is 2.50. The average Bonchev–Trinajstić information content (AvgIpc) is 2.18. The van der Waals surface area contributed by atoms with Crippen molar-refractivity contribution in [1.82, 2.24) is 4.90 Å². The molecular formula is C6H13BrN2S. The van der Waals surface area contributed by atoms with Crippen LogP contribution in [0.25, 0.3) is 0 Å². The highest BCUT2D eigenvalue weighted by Gasteiger charge is 2.15. The van der Waals surface area contributed by atoms with E-state index in [0.29, 0.717) is 0 Å². The number of nitrogens with zero attached hydrogens (tertiary/aromatic N) is 1. The standard InChI is InChI=1S/C6H12N2S.BrH/c1-2-3-8-4-5-9-6(8)7;/h7H,2-5H2,1H3;1H. The zero-order valence-electron chi connectivity index (χ0n) is 6.09. The van der Waals surface area contributed by atoms with Crippen molar-refractivity contribution in [3.05, 3.63) is 0 Å². The van der Waals surface area contributed by atoms with Crippen LogP contribution in [0.1, 0.15) is 13.3 Å². The molecule has 1 rings (SSSR count). The Morgan fingerprint density at radius 2 is 2.40 bits per heavy atom. The van der Waals surface area contributed by atoms with Gasteiger partial charge in [0.1, 0.15) is 0 Å². The molecule has 2 nitrogen and oxygen atoms in total. The van der Waals surface area contributed by atoms with Crippen LogP contribution in [0.3, 0.4) is 0 Å². The summed E-state index contributed by atoms with van der Waals surface area (Å²) in [6, 6.07) is 0. The first kappa shape index (κ1) is 10.3. The second-order valence-corrected chi connectivity index (χ2v) is 3.22. The first-order chi connectivity index (χ1) is 4.34. The number of thioether (sulfide) groups is 1. The largest absolute Gasteiger partial charge is 0.351 e. The van der Waals surface area contributed by atoms with Crippen molar-refractivity contribution in [2.75, 3.05) is 18.8 Å². The molecule has 0 aromatic rings. The van der Waals surface area contributed by atoms with Gasteiger partial charge < -0.3 is 4.90 Å². The van der Waals surface area contributed by atoms with Gasteiger partial charge in [-0.15, -0.1) is 17.0 Å². The van der Waals surface area contributed by atoms with Gasteiger partial charge in [-0.25, -0.2) is 0 Å². The Hall–Kier alpha value is 0.300. The lowest BCUT2D eigenvalue weighted by atomic mass is 10.4. The topological polar surface area (TPSA) is 27.1 Å². The molecule has 1 heterocycles. The molecule has 0 aromatic heterocycles. The first-order valence-corrected chi connectivity index (χ1v) is 4.29. The van der Waals surface area contributed by atoms with Crippen LogP contribution in [0.2, 0.25) is 0 Å². The summed E-state index contributed by atoms with van der Waals surface area (Å²) in [5.41, 5.74) is 0. The van der Waals surface area contributed by atoms with Gasteiger partial charge >= 0.3 is 0 Å². The van der Waals surface area contributed by atoms with Gasteiger partial charge in [0.15, 0.2) is 5.17 Å². The fourth-order valence-electron chi connectivity index (χ4n) is 0.929. The number of rotatable bonds is 2. The summed E-state index contributed by atoms with van der Waals surface area (Å²) in [7, 11) is 0. The van der Waals surface area contributed by atoms with Crippen molar-refractivity contribution in [3.63, 3.8) is 0 Å². The predicted molar refractivity (Wildman–Crippen MR) is 52.4 cm³/mol. The van der Waals surface area contributed by atoms with E-state index in [2.05, 4.69) is 11.8 Å². The highest BCUT2D eigenvalue weighted by Crippen LogP contribution is 2.15. The van der Waals surface area contributed by atoms with E-state index in [1.807, 2.05) is 0 Å². The van der Waals surface area contributed by atoms with Gasteiger partial charge in [-0.05, 0) is 6.42 Å². The van der Waals surface area contributed by atoms with E-state index in [1.165, 1.54) is 0 Å². The lowest BCUT2D eigenvalue weighted by molar-refractivity contribution is 0.458. The maximum Gasteiger partial charge on any atom is 0.156 e. The monoisotopic (exact) mass is 224 g/mol. The van der Waals surface area contributed by atoms with Crippen molar-refractivity contribution in [1.29, 1.82) is 5.41 Å². The Morgan fingerprint density at radius 3 is 2.80 bits per heavy atom. The Morgan fingerprint density at radius 1 is 1.70 bits per heavy atom. The van der Waals surface area contributed by atoms with E-state index < -0.39 is 0 Å². The quantitative estimate of drug-likeness (QED) is 0.777. The van der Waals surface area contributed by atoms with Gasteiger partial charge in [-0.1, -0.05) is 18.7 Å². The lowest BCUT2D eigenvalue weighted by Gasteiger charge is -2.13. The van der Waals surface area contributed by atoms with Crippen LogP contribution in [0.15, 0.2) is 0 Å². The van der Waals surface area contributed by atoms with E-state index in [-0.39, 0.29) is 17.0 Å². The van der Waals surface area contributed by atoms with Crippen LogP contribution in [-0.4, -0.2) is 28.9 Å². The Balaban J connectivity index is 0.000000810. The maximum atomic E-state index is 7.40. The minimum atomic E-state index is 0. The molecule has 1 N–H and O–H groups in total. The fourth-order valence-corrected chi connectivity index (χ4v) is 1.80. The lowest BCUT2D eigenvalue weighted by Crippen LogP contribution is -2.24. The highest BCUT2D eigenvalue weighted by atomic mass is 79.9. The fraction of sp³-hybridized carbons (Fsp3) is 0.833. The number of nitrogens with one attached hydrogen (secondary N) is 1. The van der Waals surface area contributed by atoms with E-state index in [9.17, 15) is 0 Å². The number of halogens is 1. The molecule has 1 aliphatic heterocycles. The highest BCUT2D eigenvalue weighted by molar-refractivity contribution is 8.93. The summed E-state index contributed by atoms with van der Waals surface area (Å²) >= 11 is 1.65. The molecule has 0 amide bonds. The molecule has 0 atom stereocenters. The van der Waals surface area contributed by atoms with Crippen molar-refractivity contribution in [2.45, 2.75) is 13.3 Å². The molecule has 0 unspecified atom stereocenters. The average molecular weight is 225 g/mol. The molecule has 0 radical (unpaired) electrons. The molecule has 0 aromatic carbocycles. The second kappa shape index (κ2) is 5.02. The van der Waals surface area contributed by atoms with Crippen LogP contribution in [0, 0.1) is 5.41 Å². The zero-order valence-corrected chi connectivity index (χ0v) is 8.62. The summed E-state index contributed by atoms with van der Waals surface area (Å²) in [6.07, 6.45) is 1.16. The van der Waals surface area contributed by atoms with Gasteiger partial charge in [0.25, 0.3) is 0 Å². The molecule has 60 valence electrons. The second-order valence-electron chi connectivity index (χ2n) is 2.14. The van der Waals surface area contributed by atoms with Gasteiger partial charge in [-0.2, -0.15) is 0 Å². The molecular weight excluding hydrogens is 212 g/mol. The number of amidine groups is 1. The van der Waals surface area contributed by atoms with E-state index in [4.69, 9.17) is 5.41 Å². The summed E-state index contributed by atoms with van der Waals surface area (Å²) in [4.78, 5) is 2.13. The molecule has 4 heteroatoms. The van der Waals surface area contributed by atoms with Gasteiger partial charge in [0.2, 0.25) is 0 Å². The number of hydrogen-bond donors (Lipinski definition) is 1.